The highest BCUT2D eigenvalue weighted by Gasteiger charge is 2.69. The number of hydrogen-bond acceptors (Lipinski definition) is 39. The summed E-state index contributed by atoms with van der Waals surface area (Å²) in [6.07, 6.45) is 1.52. The highest BCUT2D eigenvalue weighted by Crippen LogP contribution is 2.50. The summed E-state index contributed by atoms with van der Waals surface area (Å²) < 4.78 is 174. The number of alkyl carbamates (subject to hydrolysis) is 1. The molecule has 5 amide bonds. The van der Waals surface area contributed by atoms with Crippen molar-refractivity contribution in [3.05, 3.63) is 71.6 Å². The maximum absolute atomic E-state index is 14.3. The van der Waals surface area contributed by atoms with Gasteiger partial charge in [-0.2, -0.15) is 0 Å². The summed E-state index contributed by atoms with van der Waals surface area (Å²) in [4.78, 5) is 62.8. The van der Waals surface area contributed by atoms with E-state index in [0.29, 0.717) is 201 Å². The van der Waals surface area contributed by atoms with E-state index in [1.807, 2.05) is 71.9 Å². The number of benzene rings is 1. The van der Waals surface area contributed by atoms with Crippen LogP contribution in [0.5, 0.6) is 0 Å². The lowest BCUT2D eigenvalue weighted by molar-refractivity contribution is -0.214. The van der Waals surface area contributed by atoms with Gasteiger partial charge in [-0.3, -0.25) is 19.2 Å². The topological polar surface area (TPSA) is 496 Å². The van der Waals surface area contributed by atoms with Crippen molar-refractivity contribution >= 4 is 29.7 Å². The lowest BCUT2D eigenvalue weighted by Crippen LogP contribution is -2.65. The van der Waals surface area contributed by atoms with Gasteiger partial charge >= 0.3 is 6.09 Å². The van der Waals surface area contributed by atoms with E-state index in [-0.39, 0.29) is 116 Å². The number of carbonyl (C=O) groups excluding carboxylic acids is 5. The zero-order valence-corrected chi connectivity index (χ0v) is 78.2. The molecule has 0 spiro atoms. The van der Waals surface area contributed by atoms with Crippen LogP contribution in [0, 0.1) is 0 Å². The molecule has 1 aromatic carbocycles. The van der Waals surface area contributed by atoms with Gasteiger partial charge in [0, 0.05) is 33.7 Å². The molecule has 47 nitrogen and oxygen atoms in total. The molecule has 12 heterocycles. The summed E-state index contributed by atoms with van der Waals surface area (Å²) in [5.41, 5.74) is -1.60. The predicted octanol–water partition coefficient (Wildman–Crippen LogP) is 0.403. The molecule has 2 unspecified atom stereocenters. The van der Waals surface area contributed by atoms with Gasteiger partial charge in [0.1, 0.15) is 101 Å². The summed E-state index contributed by atoms with van der Waals surface area (Å²) >= 11 is 0. The molecule has 4 aromatic rings. The Morgan fingerprint density at radius 2 is 0.709 bits per heavy atom. The Bertz CT molecular complexity index is 3870. The number of nitrogens with zero attached hydrogens (tertiary/aromatic N) is 9. The van der Waals surface area contributed by atoms with E-state index in [9.17, 15) is 24.0 Å². The maximum atomic E-state index is 14.3. The molecular weight excluding hydrogens is 1770 g/mol. The van der Waals surface area contributed by atoms with E-state index in [2.05, 4.69) is 57.5 Å². The van der Waals surface area contributed by atoms with Crippen LogP contribution in [0.15, 0.2) is 48.9 Å². The first-order valence-electron chi connectivity index (χ1n) is 46.1. The van der Waals surface area contributed by atoms with Gasteiger partial charge in [0.05, 0.1) is 256 Å². The molecule has 752 valence electrons. The molecule has 15 atom stereocenters. The fourth-order valence-corrected chi connectivity index (χ4v) is 16.9. The number of unbranched alkanes of at least 4 members (excludes halogenated alkanes) is 2. The van der Waals surface area contributed by atoms with Crippen LogP contribution in [0.2, 0.25) is 0 Å². The fraction of sp³-hybridized carbons (Fsp3) is 0.805. The van der Waals surface area contributed by atoms with Crippen LogP contribution < -0.4 is 26.6 Å². The van der Waals surface area contributed by atoms with Gasteiger partial charge < -0.3 is 159 Å². The number of fused-ring (bicyclic) bond motifs is 12. The highest BCUT2D eigenvalue weighted by atomic mass is 16.8. The first-order chi connectivity index (χ1) is 64.8. The van der Waals surface area contributed by atoms with Gasteiger partial charge in [0.25, 0.3) is 0 Å². The number of hydrogen-bond donors (Lipinski definition) is 5. The molecule has 0 saturated carbocycles. The molecule has 6 bridgehead atoms. The molecule has 9 fully saturated rings. The average molecular weight is 1910 g/mol. The quantitative estimate of drug-likeness (QED) is 0.0374. The molecule has 9 aliphatic heterocycles. The summed E-state index contributed by atoms with van der Waals surface area (Å²) in [6, 6.07) is 7.83. The maximum Gasteiger partial charge on any atom is 0.407 e. The van der Waals surface area contributed by atoms with Gasteiger partial charge in [-0.25, -0.2) is 18.8 Å². The lowest BCUT2D eigenvalue weighted by atomic mass is 9.88. The van der Waals surface area contributed by atoms with E-state index in [1.54, 1.807) is 32.6 Å². The SMILES string of the molecule is CC(=O)N[C@H]1[C@H]2OC[C@](COCCOCCOCCOCCn3cc(COCC(COCc4cn(CCOCCOCCOCCOC[C@@]56COC(O5)[C@H](NC(C)=O)[C@H]5OC(C)(C)O[C@H]56)nn4)(COCc4cn(CCOCCOCCOCCOC[C@@]56COC(O5)[C@H](NC(C)=O)[C@H]5OC(C)(C)O[C@H]56)nn4)NC(=O)CCCCCNC(=O)OCc4ccccc4)nn3)(O2)[C@@H]2OC(C)(C)O[C@H]12. The van der Waals surface area contributed by atoms with Crippen molar-refractivity contribution in [2.45, 2.75) is 247 Å². The largest absolute Gasteiger partial charge is 0.445 e. The molecule has 47 heteroatoms. The Morgan fingerprint density at radius 3 is 1.04 bits per heavy atom. The fourth-order valence-electron chi connectivity index (χ4n) is 16.9. The third-order valence-electron chi connectivity index (χ3n) is 22.9. The van der Waals surface area contributed by atoms with Crippen LogP contribution in [0.25, 0.3) is 0 Å². The predicted molar refractivity (Wildman–Crippen MR) is 458 cm³/mol. The monoisotopic (exact) mass is 1900 g/mol. The second-order valence-corrected chi connectivity index (χ2v) is 35.5. The van der Waals surface area contributed by atoms with Crippen molar-refractivity contribution in [1.82, 2.24) is 71.6 Å². The number of nitrogens with one attached hydrogen (secondary N) is 5. The van der Waals surface area contributed by atoms with E-state index in [0.717, 1.165) is 5.56 Å². The van der Waals surface area contributed by atoms with E-state index < -0.39 is 119 Å². The molecule has 13 rings (SSSR count). The second-order valence-electron chi connectivity index (χ2n) is 35.5. The zero-order chi connectivity index (χ0) is 94.3. The molecule has 134 heavy (non-hydrogen) atoms. The average Bonchev–Trinajstić information content (AvgIpc) is 1.58. The molecule has 5 N–H and O–H groups in total. The van der Waals surface area contributed by atoms with Crippen molar-refractivity contribution in [3.8, 4) is 0 Å². The van der Waals surface area contributed by atoms with Crippen LogP contribution in [-0.2, 0) is 198 Å². The first kappa shape index (κ1) is 104. The van der Waals surface area contributed by atoms with Gasteiger partial charge in [0.15, 0.2) is 36.2 Å². The number of ether oxygens (including phenoxy) is 28. The van der Waals surface area contributed by atoms with Crippen LogP contribution >= 0.6 is 0 Å². The van der Waals surface area contributed by atoms with Crippen molar-refractivity contribution in [3.63, 3.8) is 0 Å². The Kier molecular flexibility index (Phi) is 39.6. The summed E-state index contributed by atoms with van der Waals surface area (Å²) in [7, 11) is 0. The minimum absolute atomic E-state index is 0.000671. The second kappa shape index (κ2) is 51.0. The highest BCUT2D eigenvalue weighted by molar-refractivity contribution is 5.77. The molecular formula is C87H136N14O33. The first-order valence-corrected chi connectivity index (χ1v) is 46.1. The molecule has 0 aliphatic carbocycles. The summed E-state index contributed by atoms with van der Waals surface area (Å²) in [5, 5.41) is 40.7. The third-order valence-corrected chi connectivity index (χ3v) is 22.9. The van der Waals surface area contributed by atoms with E-state index in [4.69, 9.17) is 133 Å². The van der Waals surface area contributed by atoms with Crippen LogP contribution in [0.3, 0.4) is 0 Å². The van der Waals surface area contributed by atoms with Crippen molar-refractivity contribution in [2.24, 2.45) is 0 Å². The van der Waals surface area contributed by atoms with Gasteiger partial charge in [0.2, 0.25) is 23.6 Å². The van der Waals surface area contributed by atoms with Gasteiger partial charge in [-0.05, 0) is 59.9 Å². The zero-order valence-electron chi connectivity index (χ0n) is 78.2. The third kappa shape index (κ3) is 31.1. The van der Waals surface area contributed by atoms with Gasteiger partial charge in [-0.1, -0.05) is 52.4 Å². The van der Waals surface area contributed by atoms with Crippen LogP contribution in [0.4, 0.5) is 4.79 Å². The molecule has 3 aromatic heterocycles. The Hall–Kier alpha value is -7.29. The minimum atomic E-state index is -1.31. The lowest BCUT2D eigenvalue weighted by Gasteiger charge is -2.42. The summed E-state index contributed by atoms with van der Waals surface area (Å²) in [5.74, 6) is -3.59. The Labute approximate surface area is 778 Å². The van der Waals surface area contributed by atoms with E-state index >= 15 is 0 Å². The Balaban J connectivity index is 0.536. The van der Waals surface area contributed by atoms with Gasteiger partial charge in [-0.15, -0.1) is 15.3 Å². The molecule has 9 saturated heterocycles. The number of rotatable bonds is 66. The van der Waals surface area contributed by atoms with Crippen LogP contribution in [0.1, 0.15) is 111 Å². The molecule has 0 radical (unpaired) electrons. The van der Waals surface area contributed by atoms with E-state index in [1.165, 1.54) is 20.8 Å². The van der Waals surface area contributed by atoms with Crippen molar-refractivity contribution in [2.75, 3.05) is 205 Å². The number of amides is 5. The molecule has 9 aliphatic rings. The summed E-state index contributed by atoms with van der Waals surface area (Å²) in [6.45, 7) is 24.7. The Morgan fingerprint density at radius 1 is 0.388 bits per heavy atom. The van der Waals surface area contributed by atoms with Crippen LogP contribution in [-0.4, -0.2) is 393 Å². The number of aromatic nitrogens is 9. The van der Waals surface area contributed by atoms with Crippen molar-refractivity contribution in [1.29, 1.82) is 0 Å². The smallest absolute Gasteiger partial charge is 0.407 e. The minimum Gasteiger partial charge on any atom is -0.445 e. The standard InChI is InChI=1S/C87H136N14O33/c1-60(102)89-68-71-74(129-81(4,5)126-71)85(57-123-77(68)132-85)54-116-41-38-113-35-32-110-29-26-107-23-20-99-44-64(93-96-99)48-119-51-84(92-67(105)18-14-11-15-19-88-80(106)122-47-63-16-12-10-13-17-63,52-120-49-65-45-100(97-94-65)21-24-108-27-30-111-33-36-114-39-42-117-55-86-58-124-78(133-86)69(90-61(2)103)72-75(86)130-82(6,7)127-72)53-121-50-66-46-101(98-95-66)22-25-109-28-31-112-34-37-115-40-43-118-56-87-59-125-79(134-87)70(91-62(3)104)73-76(87)131-83(8,9)128-73/h10,12-13,16-17,44-46,68-79H,11,14-15,18-43,47-59H2,1-9H3,(H,88,106)(H,89,102)(H,90,103)(H,91,104)(H,92,105)/t68-,69-,70-,71-,72-,73-,74-,75-,76-,77+,78?,79?,84?,85+,86+,87+/m1/s1. The van der Waals surface area contributed by atoms with Crippen molar-refractivity contribution < 1.29 is 157 Å². The number of carbonyl (C=O) groups is 5. The normalized spacial score (nSPS) is 27.4.